The van der Waals surface area contributed by atoms with Gasteiger partial charge in [0.25, 0.3) is 0 Å². The van der Waals surface area contributed by atoms with Crippen molar-refractivity contribution >= 4 is 40.8 Å². The van der Waals surface area contributed by atoms with Crippen LogP contribution in [0.3, 0.4) is 0 Å². The third kappa shape index (κ3) is 3.93. The van der Waals surface area contributed by atoms with E-state index in [0.717, 1.165) is 11.5 Å². The van der Waals surface area contributed by atoms with Gasteiger partial charge in [-0.15, -0.1) is 10.2 Å². The van der Waals surface area contributed by atoms with E-state index in [1.165, 1.54) is 6.08 Å². The fourth-order valence-electron chi connectivity index (χ4n) is 2.23. The zero-order valence-electron chi connectivity index (χ0n) is 12.6. The number of amides is 1. The first-order chi connectivity index (χ1) is 11.6. The summed E-state index contributed by atoms with van der Waals surface area (Å²) >= 11 is 12.0. The molecule has 1 aromatic carbocycles. The van der Waals surface area contributed by atoms with Crippen LogP contribution in [0, 0.1) is 0 Å². The van der Waals surface area contributed by atoms with Gasteiger partial charge in [0.1, 0.15) is 5.82 Å². The van der Waals surface area contributed by atoms with Crippen molar-refractivity contribution in [1.29, 1.82) is 0 Å². The summed E-state index contributed by atoms with van der Waals surface area (Å²) in [6.45, 7) is 0.460. The molecule has 2 heterocycles. The highest BCUT2D eigenvalue weighted by Crippen LogP contribution is 2.21. The van der Waals surface area contributed by atoms with Crippen LogP contribution in [0.5, 0.6) is 0 Å². The first kappa shape index (κ1) is 16.5. The number of nitrogens with zero attached hydrogens (tertiary/aromatic N) is 3. The molecule has 3 aromatic rings. The maximum atomic E-state index is 11.9. The molecule has 0 radical (unpaired) electrons. The molecule has 24 heavy (non-hydrogen) atoms. The van der Waals surface area contributed by atoms with Gasteiger partial charge in [-0.25, -0.2) is 0 Å². The van der Waals surface area contributed by atoms with Crippen LogP contribution in [0.15, 0.2) is 48.7 Å². The van der Waals surface area contributed by atoms with Crippen LogP contribution in [0.2, 0.25) is 10.0 Å². The quantitative estimate of drug-likeness (QED) is 0.709. The minimum atomic E-state index is -0.208. The number of halogens is 2. The molecule has 0 bridgehead atoms. The molecule has 0 aliphatic carbocycles. The van der Waals surface area contributed by atoms with E-state index in [9.17, 15) is 4.79 Å². The molecule has 3 rings (SSSR count). The summed E-state index contributed by atoms with van der Waals surface area (Å²) in [5.74, 6) is 0.590. The lowest BCUT2D eigenvalue weighted by Gasteiger charge is -2.02. The van der Waals surface area contributed by atoms with E-state index in [2.05, 4.69) is 15.5 Å². The van der Waals surface area contributed by atoms with Crippen molar-refractivity contribution in [2.24, 2.45) is 0 Å². The van der Waals surface area contributed by atoms with Crippen molar-refractivity contribution in [3.05, 3.63) is 70.1 Å². The highest BCUT2D eigenvalue weighted by atomic mass is 35.5. The monoisotopic (exact) mass is 360 g/mol. The number of hydrogen-bond acceptors (Lipinski definition) is 3. The summed E-state index contributed by atoms with van der Waals surface area (Å²) in [4.78, 5) is 11.9. The predicted molar refractivity (Wildman–Crippen MR) is 95.2 cm³/mol. The standard InChI is InChI=1S/C17H14Cl2N4O/c18-13-5-6-14(19)12(11-13)4-7-17(24)20-9-8-16-22-21-15-3-1-2-10-23(15)16/h1-7,10-11H,8-9H2,(H,20,24)/b7-4+. The Morgan fingerprint density at radius 2 is 2.08 bits per heavy atom. The van der Waals surface area contributed by atoms with E-state index in [1.807, 2.05) is 28.8 Å². The molecule has 1 amide bonds. The van der Waals surface area contributed by atoms with Gasteiger partial charge >= 0.3 is 0 Å². The largest absolute Gasteiger partial charge is 0.352 e. The fourth-order valence-corrected chi connectivity index (χ4v) is 2.59. The Labute approximate surface area is 148 Å². The van der Waals surface area contributed by atoms with E-state index >= 15 is 0 Å². The molecule has 0 aliphatic rings. The molecule has 5 nitrogen and oxygen atoms in total. The van der Waals surface area contributed by atoms with Gasteiger partial charge in [0, 0.05) is 35.3 Å². The van der Waals surface area contributed by atoms with Crippen LogP contribution < -0.4 is 5.32 Å². The number of fused-ring (bicyclic) bond motifs is 1. The second kappa shape index (κ2) is 7.47. The van der Waals surface area contributed by atoms with Gasteiger partial charge in [0.15, 0.2) is 5.65 Å². The van der Waals surface area contributed by atoms with E-state index in [4.69, 9.17) is 23.2 Å². The Balaban J connectivity index is 1.56. The van der Waals surface area contributed by atoms with Crippen molar-refractivity contribution in [3.8, 4) is 0 Å². The lowest BCUT2D eigenvalue weighted by atomic mass is 10.2. The molecular formula is C17H14Cl2N4O. The minimum absolute atomic E-state index is 0.208. The molecule has 0 saturated carbocycles. The van der Waals surface area contributed by atoms with Gasteiger partial charge in [-0.05, 0) is 42.0 Å². The van der Waals surface area contributed by atoms with E-state index < -0.39 is 0 Å². The van der Waals surface area contributed by atoms with Crippen molar-refractivity contribution in [2.45, 2.75) is 6.42 Å². The lowest BCUT2D eigenvalue weighted by molar-refractivity contribution is -0.116. The topological polar surface area (TPSA) is 59.3 Å². The van der Waals surface area contributed by atoms with Crippen molar-refractivity contribution < 1.29 is 4.79 Å². The Morgan fingerprint density at radius 3 is 2.96 bits per heavy atom. The second-order valence-corrected chi connectivity index (χ2v) is 5.93. The Kier molecular flexibility index (Phi) is 5.13. The maximum Gasteiger partial charge on any atom is 0.244 e. The van der Waals surface area contributed by atoms with Gasteiger partial charge in [-0.1, -0.05) is 29.3 Å². The van der Waals surface area contributed by atoms with Crippen LogP contribution in [0.25, 0.3) is 11.7 Å². The third-order valence-corrected chi connectivity index (χ3v) is 3.98. The molecule has 0 atom stereocenters. The molecule has 0 unspecified atom stereocenters. The molecule has 1 N–H and O–H groups in total. The van der Waals surface area contributed by atoms with Gasteiger partial charge in [0.05, 0.1) is 0 Å². The van der Waals surface area contributed by atoms with Gasteiger partial charge in [-0.3, -0.25) is 9.20 Å². The summed E-state index contributed by atoms with van der Waals surface area (Å²) < 4.78 is 1.90. The van der Waals surface area contributed by atoms with E-state index in [-0.39, 0.29) is 5.91 Å². The number of carbonyl (C=O) groups excluding carboxylic acids is 1. The normalized spacial score (nSPS) is 11.2. The third-order valence-electron chi connectivity index (χ3n) is 3.40. The van der Waals surface area contributed by atoms with Crippen molar-refractivity contribution in [1.82, 2.24) is 19.9 Å². The first-order valence-corrected chi connectivity index (χ1v) is 8.09. The lowest BCUT2D eigenvalue weighted by Crippen LogP contribution is -2.24. The average Bonchev–Trinajstić information content (AvgIpc) is 2.99. The van der Waals surface area contributed by atoms with Gasteiger partial charge < -0.3 is 5.32 Å². The smallest absolute Gasteiger partial charge is 0.244 e. The highest BCUT2D eigenvalue weighted by molar-refractivity contribution is 6.34. The summed E-state index contributed by atoms with van der Waals surface area (Å²) in [5.41, 5.74) is 1.48. The van der Waals surface area contributed by atoms with Crippen LogP contribution in [-0.2, 0) is 11.2 Å². The molecule has 122 valence electrons. The number of pyridine rings is 1. The highest BCUT2D eigenvalue weighted by Gasteiger charge is 2.05. The van der Waals surface area contributed by atoms with Crippen LogP contribution in [0.4, 0.5) is 0 Å². The number of carbonyl (C=O) groups is 1. The summed E-state index contributed by atoms with van der Waals surface area (Å²) in [5, 5.41) is 12.1. The fraction of sp³-hybridized carbons (Fsp3) is 0.118. The Bertz CT molecular complexity index is 904. The first-order valence-electron chi connectivity index (χ1n) is 7.33. The molecular weight excluding hydrogens is 347 g/mol. The van der Waals surface area contributed by atoms with Crippen LogP contribution >= 0.6 is 23.2 Å². The Hall–Kier alpha value is -2.37. The van der Waals surface area contributed by atoms with Gasteiger partial charge in [-0.2, -0.15) is 0 Å². The zero-order valence-corrected chi connectivity index (χ0v) is 14.1. The minimum Gasteiger partial charge on any atom is -0.352 e. The van der Waals surface area contributed by atoms with Crippen LogP contribution in [-0.4, -0.2) is 27.0 Å². The summed E-state index contributed by atoms with van der Waals surface area (Å²) in [7, 11) is 0. The number of nitrogens with one attached hydrogen (secondary N) is 1. The summed E-state index contributed by atoms with van der Waals surface area (Å²) in [6.07, 6.45) is 5.55. The summed E-state index contributed by atoms with van der Waals surface area (Å²) in [6, 6.07) is 10.8. The predicted octanol–water partition coefficient (Wildman–Crippen LogP) is 3.41. The molecule has 2 aromatic heterocycles. The second-order valence-electron chi connectivity index (χ2n) is 5.09. The van der Waals surface area contributed by atoms with Crippen molar-refractivity contribution in [2.75, 3.05) is 6.54 Å². The molecule has 0 spiro atoms. The average molecular weight is 361 g/mol. The molecule has 7 heteroatoms. The maximum absolute atomic E-state index is 11.9. The number of aromatic nitrogens is 3. The van der Waals surface area contributed by atoms with Crippen molar-refractivity contribution in [3.63, 3.8) is 0 Å². The van der Waals surface area contributed by atoms with Gasteiger partial charge in [0.2, 0.25) is 5.91 Å². The SMILES string of the molecule is O=C(/C=C/c1cc(Cl)ccc1Cl)NCCc1nnc2ccccn12. The van der Waals surface area contributed by atoms with E-state index in [1.54, 1.807) is 24.3 Å². The van der Waals surface area contributed by atoms with E-state index in [0.29, 0.717) is 28.6 Å². The number of rotatable bonds is 5. The van der Waals surface area contributed by atoms with Crippen LogP contribution in [0.1, 0.15) is 11.4 Å². The number of hydrogen-bond donors (Lipinski definition) is 1. The molecule has 0 aliphatic heterocycles. The molecule has 0 fully saturated rings. The molecule has 0 saturated heterocycles. The zero-order chi connectivity index (χ0) is 16.9. The number of benzene rings is 1. The Morgan fingerprint density at radius 1 is 1.21 bits per heavy atom.